The zero-order valence-corrected chi connectivity index (χ0v) is 12.2. The molecule has 2 aliphatic heterocycles. The standard InChI is InChI=1S/C13H19N3O2S/c1-3-10(4-2)17-12-13(15-19-14-12)18-11-8-16-6-5-9(11)7-16/h3,9,11H,4-8H2,1-2H3. The van der Waals surface area contributed by atoms with Crippen LogP contribution in [0.2, 0.25) is 0 Å². The van der Waals surface area contributed by atoms with Gasteiger partial charge in [0, 0.05) is 25.4 Å². The molecule has 0 amide bonds. The van der Waals surface area contributed by atoms with Crippen LogP contribution in [-0.2, 0) is 0 Å². The molecule has 3 atom stereocenters. The van der Waals surface area contributed by atoms with E-state index in [1.165, 1.54) is 13.0 Å². The van der Waals surface area contributed by atoms with Crippen molar-refractivity contribution in [3.63, 3.8) is 0 Å². The van der Waals surface area contributed by atoms with Gasteiger partial charge < -0.3 is 9.47 Å². The van der Waals surface area contributed by atoms with Gasteiger partial charge in [-0.25, -0.2) is 0 Å². The number of piperidine rings is 1. The fourth-order valence-electron chi connectivity index (χ4n) is 2.78. The van der Waals surface area contributed by atoms with Crippen molar-refractivity contribution in [2.24, 2.45) is 5.92 Å². The molecule has 19 heavy (non-hydrogen) atoms. The normalized spacial score (nSPS) is 29.8. The zero-order chi connectivity index (χ0) is 13.2. The third-order valence-corrected chi connectivity index (χ3v) is 4.36. The highest BCUT2D eigenvalue weighted by Crippen LogP contribution is 2.34. The molecule has 2 fully saturated rings. The van der Waals surface area contributed by atoms with Gasteiger partial charge in [-0.05, 0) is 26.0 Å². The number of hydrogen-bond acceptors (Lipinski definition) is 6. The first-order chi connectivity index (χ1) is 9.30. The molecule has 104 valence electrons. The van der Waals surface area contributed by atoms with E-state index in [0.717, 1.165) is 37.0 Å². The Kier molecular flexibility index (Phi) is 3.70. The molecule has 3 heterocycles. The second-order valence-corrected chi connectivity index (χ2v) is 5.58. The van der Waals surface area contributed by atoms with Gasteiger partial charge in [0.1, 0.15) is 11.9 Å². The lowest BCUT2D eigenvalue weighted by Gasteiger charge is -2.22. The first-order valence-electron chi connectivity index (χ1n) is 6.84. The number of hydrogen-bond donors (Lipinski definition) is 0. The van der Waals surface area contributed by atoms with E-state index in [0.29, 0.717) is 17.7 Å². The van der Waals surface area contributed by atoms with Gasteiger partial charge >= 0.3 is 0 Å². The van der Waals surface area contributed by atoms with E-state index in [1.54, 1.807) is 0 Å². The number of aromatic nitrogens is 2. The van der Waals surface area contributed by atoms with E-state index in [2.05, 4.69) is 20.6 Å². The molecular weight excluding hydrogens is 262 g/mol. The zero-order valence-electron chi connectivity index (χ0n) is 11.3. The van der Waals surface area contributed by atoms with Crippen molar-refractivity contribution in [3.8, 4) is 11.8 Å². The molecule has 6 heteroatoms. The van der Waals surface area contributed by atoms with E-state index < -0.39 is 0 Å². The number of rotatable bonds is 5. The topological polar surface area (TPSA) is 47.5 Å². The molecule has 3 rings (SSSR count). The summed E-state index contributed by atoms with van der Waals surface area (Å²) in [6.45, 7) is 7.39. The van der Waals surface area contributed by atoms with Gasteiger partial charge in [-0.15, -0.1) is 8.75 Å². The largest absolute Gasteiger partial charge is 0.468 e. The molecule has 5 nitrogen and oxygen atoms in total. The maximum absolute atomic E-state index is 6.01. The summed E-state index contributed by atoms with van der Waals surface area (Å²) in [5, 5.41) is 0. The molecule has 0 saturated carbocycles. The molecule has 0 radical (unpaired) electrons. The fourth-order valence-corrected chi connectivity index (χ4v) is 3.20. The van der Waals surface area contributed by atoms with Crippen LogP contribution in [0.25, 0.3) is 0 Å². The number of nitrogens with zero attached hydrogens (tertiary/aromatic N) is 3. The fraction of sp³-hybridized carbons (Fsp3) is 0.692. The van der Waals surface area contributed by atoms with Crippen molar-refractivity contribution < 1.29 is 9.47 Å². The summed E-state index contributed by atoms with van der Waals surface area (Å²) in [5.74, 6) is 2.60. The molecule has 2 saturated heterocycles. The van der Waals surface area contributed by atoms with Crippen molar-refractivity contribution in [3.05, 3.63) is 11.8 Å². The lowest BCUT2D eigenvalue weighted by Crippen LogP contribution is -2.32. The predicted molar refractivity (Wildman–Crippen MR) is 73.5 cm³/mol. The van der Waals surface area contributed by atoms with Gasteiger partial charge in [-0.3, -0.25) is 4.90 Å². The molecule has 2 aliphatic rings. The number of allylic oxidation sites excluding steroid dienone is 2. The summed E-state index contributed by atoms with van der Waals surface area (Å²) in [5.41, 5.74) is 0. The van der Waals surface area contributed by atoms with Gasteiger partial charge in [0.15, 0.2) is 0 Å². The van der Waals surface area contributed by atoms with Crippen LogP contribution in [0.15, 0.2) is 11.8 Å². The Bertz CT molecular complexity index is 474. The van der Waals surface area contributed by atoms with Crippen molar-refractivity contribution in [1.82, 2.24) is 13.6 Å². The molecule has 1 aromatic heterocycles. The molecule has 0 spiro atoms. The van der Waals surface area contributed by atoms with E-state index >= 15 is 0 Å². The average molecular weight is 281 g/mol. The second-order valence-electron chi connectivity index (χ2n) is 5.05. The van der Waals surface area contributed by atoms with Crippen LogP contribution in [-0.4, -0.2) is 39.4 Å². The highest BCUT2D eigenvalue weighted by molar-refractivity contribution is 6.99. The summed E-state index contributed by atoms with van der Waals surface area (Å²) < 4.78 is 20.2. The first-order valence-corrected chi connectivity index (χ1v) is 7.57. The van der Waals surface area contributed by atoms with Crippen LogP contribution in [0.3, 0.4) is 0 Å². The maximum Gasteiger partial charge on any atom is 0.296 e. The highest BCUT2D eigenvalue weighted by atomic mass is 32.1. The molecule has 0 N–H and O–H groups in total. The molecule has 3 unspecified atom stereocenters. The molecule has 1 aromatic rings. The van der Waals surface area contributed by atoms with Crippen molar-refractivity contribution in [1.29, 1.82) is 0 Å². The van der Waals surface area contributed by atoms with Gasteiger partial charge in [-0.2, -0.15) is 0 Å². The molecule has 0 aliphatic carbocycles. The van der Waals surface area contributed by atoms with E-state index in [-0.39, 0.29) is 6.10 Å². The van der Waals surface area contributed by atoms with Crippen LogP contribution in [0.1, 0.15) is 26.7 Å². The third kappa shape index (κ3) is 2.60. The monoisotopic (exact) mass is 281 g/mol. The van der Waals surface area contributed by atoms with Gasteiger partial charge in [0.25, 0.3) is 11.8 Å². The minimum atomic E-state index is 0.246. The van der Waals surface area contributed by atoms with Crippen molar-refractivity contribution in [2.75, 3.05) is 19.6 Å². The Hall–Kier alpha value is -1.14. The van der Waals surface area contributed by atoms with Crippen molar-refractivity contribution >= 4 is 11.7 Å². The molecular formula is C13H19N3O2S. The van der Waals surface area contributed by atoms with E-state index in [1.807, 2.05) is 13.0 Å². The van der Waals surface area contributed by atoms with E-state index in [4.69, 9.17) is 9.47 Å². The van der Waals surface area contributed by atoms with Crippen LogP contribution >= 0.6 is 11.7 Å². The SMILES string of the molecule is CC=C(CC)Oc1nsnc1OC1CN2CCC1C2. The second kappa shape index (κ2) is 5.46. The Morgan fingerprint density at radius 1 is 1.42 bits per heavy atom. The van der Waals surface area contributed by atoms with Crippen LogP contribution < -0.4 is 9.47 Å². The Morgan fingerprint density at radius 2 is 2.26 bits per heavy atom. The average Bonchev–Trinajstić information content (AvgIpc) is 3.13. The molecule has 0 aromatic carbocycles. The Morgan fingerprint density at radius 3 is 2.89 bits per heavy atom. The van der Waals surface area contributed by atoms with E-state index in [9.17, 15) is 0 Å². The Balaban J connectivity index is 1.67. The summed E-state index contributed by atoms with van der Waals surface area (Å²) in [6, 6.07) is 0. The van der Waals surface area contributed by atoms with Crippen LogP contribution in [0.4, 0.5) is 0 Å². The summed E-state index contributed by atoms with van der Waals surface area (Å²) in [4.78, 5) is 2.44. The number of fused-ring (bicyclic) bond motifs is 2. The smallest absolute Gasteiger partial charge is 0.296 e. The summed E-state index contributed by atoms with van der Waals surface area (Å²) in [7, 11) is 0. The van der Waals surface area contributed by atoms with Crippen LogP contribution in [0, 0.1) is 5.92 Å². The minimum absolute atomic E-state index is 0.246. The third-order valence-electron chi connectivity index (χ3n) is 3.86. The summed E-state index contributed by atoms with van der Waals surface area (Å²) in [6.07, 6.45) is 4.27. The lowest BCUT2D eigenvalue weighted by molar-refractivity contribution is 0.132. The minimum Gasteiger partial charge on any atom is -0.468 e. The number of ether oxygens (including phenoxy) is 2. The lowest BCUT2D eigenvalue weighted by atomic mass is 10.0. The quantitative estimate of drug-likeness (QED) is 0.775. The van der Waals surface area contributed by atoms with Gasteiger partial charge in [-0.1, -0.05) is 6.92 Å². The van der Waals surface area contributed by atoms with Crippen LogP contribution in [0.5, 0.6) is 11.8 Å². The predicted octanol–water partition coefficient (Wildman–Crippen LogP) is 2.31. The maximum atomic E-state index is 6.01. The van der Waals surface area contributed by atoms with Gasteiger partial charge in [0.2, 0.25) is 0 Å². The van der Waals surface area contributed by atoms with Gasteiger partial charge in [0.05, 0.1) is 11.7 Å². The highest BCUT2D eigenvalue weighted by Gasteiger charge is 2.40. The van der Waals surface area contributed by atoms with Crippen molar-refractivity contribution in [2.45, 2.75) is 32.8 Å². The molecule has 2 bridgehead atoms. The summed E-state index contributed by atoms with van der Waals surface area (Å²) >= 11 is 1.14. The first kappa shape index (κ1) is 12.9. The Labute approximate surface area is 117 Å².